The lowest BCUT2D eigenvalue weighted by atomic mass is 9.90. The largest absolute Gasteiger partial charge is 0.378 e. The van der Waals surface area contributed by atoms with Crippen LogP contribution in [0.5, 0.6) is 0 Å². The van der Waals surface area contributed by atoms with Gasteiger partial charge in [-0.25, -0.2) is 0 Å². The van der Waals surface area contributed by atoms with Crippen LogP contribution in [0.4, 0.5) is 0 Å². The molecular formula is C17H25NO2. The molecule has 0 spiro atoms. The highest BCUT2D eigenvalue weighted by atomic mass is 16.5. The Balaban J connectivity index is 1.44. The summed E-state index contributed by atoms with van der Waals surface area (Å²) in [4.78, 5) is 14.7. The van der Waals surface area contributed by atoms with E-state index in [2.05, 4.69) is 17.1 Å². The van der Waals surface area contributed by atoms with Gasteiger partial charge in [-0.2, -0.15) is 0 Å². The lowest BCUT2D eigenvalue weighted by molar-refractivity contribution is -0.125. The molecule has 1 saturated heterocycles. The highest BCUT2D eigenvalue weighted by Gasteiger charge is 2.41. The van der Waals surface area contributed by atoms with E-state index in [1.165, 1.54) is 19.4 Å². The molecular weight excluding hydrogens is 250 g/mol. The first-order valence-corrected chi connectivity index (χ1v) is 8.34. The fraction of sp³-hybridized carbons (Fsp3) is 0.824. The first kappa shape index (κ1) is 13.0. The standard InChI is InChI=1S/C17H25NO2/c19-17-3-1-2-15(17)16-11-20-7-6-18(16)10-14-9-12-4-5-13(14)8-12/h4-5,12-16H,1-3,6-11H2/t12-,13-,14-,15+,16+/m0/s1. The monoisotopic (exact) mass is 275 g/mol. The average molecular weight is 275 g/mol. The number of ether oxygens (including phenoxy) is 1. The van der Waals surface area contributed by atoms with Crippen molar-refractivity contribution in [3.05, 3.63) is 12.2 Å². The quantitative estimate of drug-likeness (QED) is 0.740. The number of carbonyl (C=O) groups excluding carboxylic acids is 1. The summed E-state index contributed by atoms with van der Waals surface area (Å²) in [6.07, 6.45) is 10.6. The Labute approximate surface area is 121 Å². The highest BCUT2D eigenvalue weighted by Crippen LogP contribution is 2.44. The summed E-state index contributed by atoms with van der Waals surface area (Å²) in [5, 5.41) is 0. The van der Waals surface area contributed by atoms with Gasteiger partial charge in [-0.15, -0.1) is 0 Å². The number of morpholine rings is 1. The minimum absolute atomic E-state index is 0.254. The zero-order valence-electron chi connectivity index (χ0n) is 12.2. The molecule has 2 saturated carbocycles. The van der Waals surface area contributed by atoms with Gasteiger partial charge in [0.25, 0.3) is 0 Å². The molecule has 110 valence electrons. The zero-order chi connectivity index (χ0) is 13.5. The van der Waals surface area contributed by atoms with Gasteiger partial charge in [-0.3, -0.25) is 9.69 Å². The Morgan fingerprint density at radius 3 is 2.95 bits per heavy atom. The second-order valence-corrected chi connectivity index (χ2v) is 7.14. The third-order valence-electron chi connectivity index (χ3n) is 5.98. The minimum atomic E-state index is 0.254. The first-order chi connectivity index (χ1) is 9.81. The smallest absolute Gasteiger partial charge is 0.137 e. The Kier molecular flexibility index (Phi) is 3.43. The second kappa shape index (κ2) is 5.27. The summed E-state index contributed by atoms with van der Waals surface area (Å²) in [5.41, 5.74) is 0. The van der Waals surface area contributed by atoms with Crippen molar-refractivity contribution in [3.63, 3.8) is 0 Å². The lowest BCUT2D eigenvalue weighted by Gasteiger charge is -2.40. The highest BCUT2D eigenvalue weighted by molar-refractivity contribution is 5.83. The molecule has 3 heteroatoms. The molecule has 5 atom stereocenters. The molecule has 3 fully saturated rings. The molecule has 3 aliphatic carbocycles. The third-order valence-corrected chi connectivity index (χ3v) is 5.98. The van der Waals surface area contributed by atoms with Gasteiger partial charge in [-0.05, 0) is 43.4 Å². The van der Waals surface area contributed by atoms with Crippen LogP contribution >= 0.6 is 0 Å². The van der Waals surface area contributed by atoms with Gasteiger partial charge in [0.15, 0.2) is 0 Å². The topological polar surface area (TPSA) is 29.5 Å². The third kappa shape index (κ3) is 2.25. The Morgan fingerprint density at radius 1 is 1.30 bits per heavy atom. The summed E-state index contributed by atoms with van der Waals surface area (Å²) in [5.74, 6) is 3.21. The van der Waals surface area contributed by atoms with Crippen molar-refractivity contribution in [1.82, 2.24) is 4.90 Å². The fourth-order valence-corrected chi connectivity index (χ4v) is 4.91. The molecule has 0 N–H and O–H groups in total. The van der Waals surface area contributed by atoms with Gasteiger partial charge < -0.3 is 4.74 Å². The summed E-state index contributed by atoms with van der Waals surface area (Å²) in [6, 6.07) is 0.363. The van der Waals surface area contributed by atoms with Crippen LogP contribution in [-0.4, -0.2) is 43.0 Å². The predicted molar refractivity (Wildman–Crippen MR) is 77.4 cm³/mol. The molecule has 4 rings (SSSR count). The normalized spacial score (nSPS) is 44.6. The maximum atomic E-state index is 12.1. The Hall–Kier alpha value is -0.670. The van der Waals surface area contributed by atoms with E-state index in [0.717, 1.165) is 56.8 Å². The Morgan fingerprint density at radius 2 is 2.25 bits per heavy atom. The number of fused-ring (bicyclic) bond motifs is 2. The SMILES string of the molecule is O=C1CCC[C@@H]1[C@H]1COCCN1C[C@@H]1C[C@H]2C=C[C@H]1C2. The number of hydrogen-bond donors (Lipinski definition) is 0. The molecule has 0 unspecified atom stereocenters. The number of Topliss-reactive ketones (excluding diaryl/α,β-unsaturated/α-hetero) is 1. The molecule has 20 heavy (non-hydrogen) atoms. The molecule has 0 aromatic rings. The predicted octanol–water partition coefficient (Wildman–Crippen LogP) is 2.27. The Bertz CT molecular complexity index is 419. The van der Waals surface area contributed by atoms with Crippen molar-refractivity contribution >= 4 is 5.78 Å². The van der Waals surface area contributed by atoms with Crippen molar-refractivity contribution in [2.24, 2.45) is 23.7 Å². The zero-order valence-corrected chi connectivity index (χ0v) is 12.2. The van der Waals surface area contributed by atoms with E-state index in [-0.39, 0.29) is 5.92 Å². The number of rotatable bonds is 3. The molecule has 0 radical (unpaired) electrons. The number of carbonyl (C=O) groups is 1. The van der Waals surface area contributed by atoms with Crippen molar-refractivity contribution in [2.45, 2.75) is 38.1 Å². The van der Waals surface area contributed by atoms with Crippen LogP contribution in [0.1, 0.15) is 32.1 Å². The van der Waals surface area contributed by atoms with Gasteiger partial charge in [0.1, 0.15) is 5.78 Å². The summed E-state index contributed by atoms with van der Waals surface area (Å²) < 4.78 is 5.69. The van der Waals surface area contributed by atoms with Crippen LogP contribution < -0.4 is 0 Å². The van der Waals surface area contributed by atoms with E-state index in [9.17, 15) is 4.79 Å². The van der Waals surface area contributed by atoms with Crippen LogP contribution in [0.3, 0.4) is 0 Å². The van der Waals surface area contributed by atoms with Crippen LogP contribution in [0.15, 0.2) is 12.2 Å². The van der Waals surface area contributed by atoms with Crippen LogP contribution in [-0.2, 0) is 9.53 Å². The van der Waals surface area contributed by atoms with Gasteiger partial charge in [0.2, 0.25) is 0 Å². The van der Waals surface area contributed by atoms with Crippen molar-refractivity contribution < 1.29 is 9.53 Å². The number of nitrogens with zero attached hydrogens (tertiary/aromatic N) is 1. The van der Waals surface area contributed by atoms with E-state index in [1.54, 1.807) is 0 Å². The first-order valence-electron chi connectivity index (χ1n) is 8.34. The van der Waals surface area contributed by atoms with E-state index >= 15 is 0 Å². The van der Waals surface area contributed by atoms with Crippen LogP contribution in [0.2, 0.25) is 0 Å². The molecule has 1 aliphatic heterocycles. The number of ketones is 1. The van der Waals surface area contributed by atoms with Gasteiger partial charge in [0, 0.05) is 31.5 Å². The summed E-state index contributed by atoms with van der Waals surface area (Å²) in [7, 11) is 0. The maximum Gasteiger partial charge on any atom is 0.137 e. The molecule has 1 heterocycles. The van der Waals surface area contributed by atoms with Crippen LogP contribution in [0, 0.1) is 23.7 Å². The summed E-state index contributed by atoms with van der Waals surface area (Å²) in [6.45, 7) is 3.82. The molecule has 2 bridgehead atoms. The fourth-order valence-electron chi connectivity index (χ4n) is 4.91. The van der Waals surface area contributed by atoms with E-state index in [1.807, 2.05) is 0 Å². The minimum Gasteiger partial charge on any atom is -0.378 e. The average Bonchev–Trinajstić information content (AvgIpc) is 3.16. The van der Waals surface area contributed by atoms with Crippen LogP contribution in [0.25, 0.3) is 0 Å². The molecule has 0 aromatic carbocycles. The molecule has 4 aliphatic rings. The molecule has 0 aromatic heterocycles. The molecule has 3 nitrogen and oxygen atoms in total. The maximum absolute atomic E-state index is 12.1. The van der Waals surface area contributed by atoms with Crippen molar-refractivity contribution in [3.8, 4) is 0 Å². The van der Waals surface area contributed by atoms with E-state index in [0.29, 0.717) is 11.8 Å². The number of allylic oxidation sites excluding steroid dienone is 2. The van der Waals surface area contributed by atoms with E-state index in [4.69, 9.17) is 4.74 Å². The lowest BCUT2D eigenvalue weighted by Crippen LogP contribution is -2.52. The van der Waals surface area contributed by atoms with Gasteiger partial charge >= 0.3 is 0 Å². The van der Waals surface area contributed by atoms with Crippen molar-refractivity contribution in [2.75, 3.05) is 26.3 Å². The van der Waals surface area contributed by atoms with Gasteiger partial charge in [0.05, 0.1) is 13.2 Å². The molecule has 0 amide bonds. The van der Waals surface area contributed by atoms with Gasteiger partial charge in [-0.1, -0.05) is 12.2 Å². The second-order valence-electron chi connectivity index (χ2n) is 7.14. The van der Waals surface area contributed by atoms with Crippen molar-refractivity contribution in [1.29, 1.82) is 0 Å². The van der Waals surface area contributed by atoms with E-state index < -0.39 is 0 Å². The summed E-state index contributed by atoms with van der Waals surface area (Å²) >= 11 is 0. The number of hydrogen-bond acceptors (Lipinski definition) is 3.